The molecule has 2 aromatic carbocycles. The Labute approximate surface area is 213 Å². The van der Waals surface area contributed by atoms with Crippen LogP contribution in [0.25, 0.3) is 0 Å². The normalized spacial score (nSPS) is 19.5. The number of amides is 1. The first kappa shape index (κ1) is 29.7. The van der Waals surface area contributed by atoms with Gasteiger partial charge in [-0.2, -0.15) is 26.3 Å². The Morgan fingerprint density at radius 3 is 1.82 bits per heavy atom. The predicted molar refractivity (Wildman–Crippen MR) is 119 cm³/mol. The number of ether oxygens (including phenoxy) is 1. The number of halogens is 8. The Morgan fingerprint density at radius 1 is 0.868 bits per heavy atom. The van der Waals surface area contributed by atoms with Crippen LogP contribution in [0, 0.1) is 5.82 Å². The fourth-order valence-corrected chi connectivity index (χ4v) is 6.28. The van der Waals surface area contributed by atoms with Crippen LogP contribution in [0.4, 0.5) is 39.9 Å². The van der Waals surface area contributed by atoms with Crippen molar-refractivity contribution in [2.75, 3.05) is 13.1 Å². The maximum Gasteiger partial charge on any atom is 0.435 e. The molecule has 2 aromatic rings. The number of nitrogens with zero attached hydrogens (tertiary/aromatic N) is 1. The lowest BCUT2D eigenvalue weighted by Crippen LogP contribution is -2.50. The first-order valence-corrected chi connectivity index (χ1v) is 12.6. The van der Waals surface area contributed by atoms with E-state index in [4.69, 9.17) is 4.74 Å². The van der Waals surface area contributed by atoms with Crippen LogP contribution in [-0.4, -0.2) is 50.5 Å². The maximum absolute atomic E-state index is 14.5. The van der Waals surface area contributed by atoms with Gasteiger partial charge in [0.25, 0.3) is 0 Å². The third-order valence-electron chi connectivity index (χ3n) is 6.11. The molecule has 0 aromatic heterocycles. The Balaban J connectivity index is 2.15. The average molecular weight is 574 g/mol. The standard InChI is InChI=1S/C24H23F8NO4S/c1-20(2,3)37-19(34)33-13-12-21(14-33,38(35,36)18-10-8-17(25)9-11-18)15-4-6-16(7-5-15)22(26,23(27,28)29)24(30,31)32/h4-11H,12-14H2,1-3H3. The van der Waals surface area contributed by atoms with E-state index in [-0.39, 0.29) is 30.7 Å². The highest BCUT2D eigenvalue weighted by molar-refractivity contribution is 7.92. The van der Waals surface area contributed by atoms with Gasteiger partial charge in [0, 0.05) is 18.7 Å². The second-order valence-electron chi connectivity index (χ2n) is 9.83. The van der Waals surface area contributed by atoms with Crippen molar-refractivity contribution >= 4 is 15.9 Å². The quantitative estimate of drug-likeness (QED) is 0.313. The molecule has 1 unspecified atom stereocenters. The summed E-state index contributed by atoms with van der Waals surface area (Å²) >= 11 is 0. The summed E-state index contributed by atoms with van der Waals surface area (Å²) in [6.07, 6.45) is -13.9. The van der Waals surface area contributed by atoms with E-state index < -0.39 is 67.1 Å². The molecule has 210 valence electrons. The zero-order valence-corrected chi connectivity index (χ0v) is 21.1. The minimum Gasteiger partial charge on any atom is -0.444 e. The lowest BCUT2D eigenvalue weighted by molar-refractivity contribution is -0.348. The zero-order valence-electron chi connectivity index (χ0n) is 20.3. The highest BCUT2D eigenvalue weighted by Gasteiger charge is 2.73. The number of rotatable bonds is 4. The summed E-state index contributed by atoms with van der Waals surface area (Å²) in [5, 5.41) is 0. The number of alkyl halides is 7. The minimum atomic E-state index is -6.36. The molecule has 5 nitrogen and oxygen atoms in total. The molecule has 1 fully saturated rings. The van der Waals surface area contributed by atoms with Crippen molar-refractivity contribution in [3.05, 3.63) is 65.5 Å². The van der Waals surface area contributed by atoms with Crippen molar-refractivity contribution in [1.29, 1.82) is 0 Å². The van der Waals surface area contributed by atoms with E-state index in [1.54, 1.807) is 20.8 Å². The van der Waals surface area contributed by atoms with Gasteiger partial charge in [0.1, 0.15) is 16.2 Å². The Hall–Kier alpha value is -2.90. The van der Waals surface area contributed by atoms with E-state index >= 15 is 0 Å². The van der Waals surface area contributed by atoms with E-state index in [9.17, 15) is 48.3 Å². The number of carbonyl (C=O) groups excluding carboxylic acids is 1. The fraction of sp³-hybridized carbons (Fsp3) is 0.458. The molecule has 1 aliphatic rings. The van der Waals surface area contributed by atoms with Gasteiger partial charge >= 0.3 is 24.1 Å². The molecule has 0 bridgehead atoms. The summed E-state index contributed by atoms with van der Waals surface area (Å²) in [7, 11) is -4.54. The van der Waals surface area contributed by atoms with Crippen molar-refractivity contribution in [2.24, 2.45) is 0 Å². The largest absolute Gasteiger partial charge is 0.444 e. The summed E-state index contributed by atoms with van der Waals surface area (Å²) in [5.41, 5.74) is -8.75. The van der Waals surface area contributed by atoms with E-state index in [0.717, 1.165) is 29.2 Å². The van der Waals surface area contributed by atoms with Gasteiger partial charge in [0.2, 0.25) is 0 Å². The van der Waals surface area contributed by atoms with Gasteiger partial charge in [0.15, 0.2) is 9.84 Å². The number of carbonyl (C=O) groups is 1. The molecule has 0 N–H and O–H groups in total. The number of hydrogen-bond acceptors (Lipinski definition) is 4. The molecule has 0 spiro atoms. The number of sulfone groups is 1. The van der Waals surface area contributed by atoms with E-state index in [1.807, 2.05) is 0 Å². The highest BCUT2D eigenvalue weighted by atomic mass is 32.2. The molecule has 0 aliphatic carbocycles. The summed E-state index contributed by atoms with van der Waals surface area (Å²) in [6, 6.07) is 5.33. The van der Waals surface area contributed by atoms with Crippen molar-refractivity contribution < 1.29 is 53.1 Å². The summed E-state index contributed by atoms with van der Waals surface area (Å²) in [6.45, 7) is 3.90. The minimum absolute atomic E-state index is 0.199. The van der Waals surface area contributed by atoms with Crippen molar-refractivity contribution in [3.63, 3.8) is 0 Å². The van der Waals surface area contributed by atoms with Gasteiger partial charge in [-0.15, -0.1) is 0 Å². The van der Waals surface area contributed by atoms with Crippen LogP contribution in [0.1, 0.15) is 38.3 Å². The van der Waals surface area contributed by atoms with E-state index in [2.05, 4.69) is 0 Å². The predicted octanol–water partition coefficient (Wildman–Crippen LogP) is 6.43. The smallest absolute Gasteiger partial charge is 0.435 e. The lowest BCUT2D eigenvalue weighted by atomic mass is 9.90. The van der Waals surface area contributed by atoms with Gasteiger partial charge in [0.05, 0.1) is 4.90 Å². The number of hydrogen-bond donors (Lipinski definition) is 0. The van der Waals surface area contributed by atoms with Crippen LogP contribution in [0.15, 0.2) is 53.4 Å². The van der Waals surface area contributed by atoms with Crippen LogP contribution in [-0.2, 0) is 25.0 Å². The topological polar surface area (TPSA) is 63.7 Å². The van der Waals surface area contributed by atoms with Crippen molar-refractivity contribution in [2.45, 2.75) is 60.5 Å². The Morgan fingerprint density at radius 2 is 1.37 bits per heavy atom. The molecule has 1 amide bonds. The molecular formula is C24H23F8NO4S. The van der Waals surface area contributed by atoms with E-state index in [1.165, 1.54) is 0 Å². The molecule has 1 aliphatic heterocycles. The van der Waals surface area contributed by atoms with E-state index in [0.29, 0.717) is 12.1 Å². The second kappa shape index (κ2) is 9.38. The average Bonchev–Trinajstić information content (AvgIpc) is 3.24. The SMILES string of the molecule is CC(C)(C)OC(=O)N1CCC(c2ccc(C(F)(C(F)(F)F)C(F)(F)F)cc2)(S(=O)(=O)c2ccc(F)cc2)C1. The van der Waals surface area contributed by atoms with Gasteiger partial charge in [-0.25, -0.2) is 22.0 Å². The third kappa shape index (κ3) is 5.06. The van der Waals surface area contributed by atoms with Crippen LogP contribution < -0.4 is 0 Å². The van der Waals surface area contributed by atoms with Gasteiger partial charge in [-0.05, 0) is 57.0 Å². The van der Waals surface area contributed by atoms with Crippen LogP contribution in [0.5, 0.6) is 0 Å². The molecule has 38 heavy (non-hydrogen) atoms. The zero-order chi connectivity index (χ0) is 28.9. The summed E-state index contributed by atoms with van der Waals surface area (Å²) in [5.74, 6) is -0.761. The van der Waals surface area contributed by atoms with Crippen LogP contribution >= 0.6 is 0 Å². The van der Waals surface area contributed by atoms with Crippen LogP contribution in [0.2, 0.25) is 0 Å². The molecule has 0 radical (unpaired) electrons. The molecule has 14 heteroatoms. The molecule has 1 atom stereocenters. The highest BCUT2D eigenvalue weighted by Crippen LogP contribution is 2.53. The van der Waals surface area contributed by atoms with Gasteiger partial charge in [-0.1, -0.05) is 24.3 Å². The van der Waals surface area contributed by atoms with Crippen LogP contribution in [0.3, 0.4) is 0 Å². The lowest BCUT2D eigenvalue weighted by Gasteiger charge is -2.32. The second-order valence-corrected chi connectivity index (χ2v) is 12.1. The van der Waals surface area contributed by atoms with Gasteiger partial charge < -0.3 is 9.64 Å². The summed E-state index contributed by atoms with van der Waals surface area (Å²) < 4.78 is 138. The van der Waals surface area contributed by atoms with Gasteiger partial charge in [-0.3, -0.25) is 0 Å². The Kier molecular flexibility index (Phi) is 7.32. The first-order chi connectivity index (χ1) is 17.2. The maximum atomic E-state index is 14.5. The molecule has 1 saturated heterocycles. The first-order valence-electron chi connectivity index (χ1n) is 11.1. The molecule has 1 heterocycles. The molecular weight excluding hydrogens is 550 g/mol. The fourth-order valence-electron chi connectivity index (χ4n) is 4.21. The summed E-state index contributed by atoms with van der Waals surface area (Å²) in [4.78, 5) is 13.3. The third-order valence-corrected chi connectivity index (χ3v) is 8.60. The Bertz CT molecular complexity index is 1270. The number of benzene rings is 2. The van der Waals surface area contributed by atoms with Crippen molar-refractivity contribution in [1.82, 2.24) is 4.90 Å². The number of likely N-dealkylation sites (tertiary alicyclic amines) is 1. The van der Waals surface area contributed by atoms with Crippen molar-refractivity contribution in [3.8, 4) is 0 Å². The molecule has 0 saturated carbocycles. The molecule has 3 rings (SSSR count). The monoisotopic (exact) mass is 573 g/mol.